The summed E-state index contributed by atoms with van der Waals surface area (Å²) in [6, 6.07) is 0. The zero-order valence-electron chi connectivity index (χ0n) is 47.9. The second-order valence-corrected chi connectivity index (χ2v) is 12.5. The first-order valence-electron chi connectivity index (χ1n) is 16.9. The molecule has 0 saturated carbocycles. The van der Waals surface area contributed by atoms with Gasteiger partial charge in [0.05, 0.1) is 47.8 Å². The van der Waals surface area contributed by atoms with Gasteiger partial charge < -0.3 is 258 Å². The van der Waals surface area contributed by atoms with E-state index >= 15 is 0 Å². The Bertz CT molecular complexity index is 1720. The summed E-state index contributed by atoms with van der Waals surface area (Å²) in [5.41, 5.74) is -12.5. The molecule has 0 fully saturated rings. The maximum Gasteiger partial charge on any atom is 3.00 e. The molecule has 0 aliphatic rings. The summed E-state index contributed by atoms with van der Waals surface area (Å²) in [6.07, 6.45) is -16.9. The monoisotopic (exact) mass is 1270 g/mol. The van der Waals surface area contributed by atoms with Gasteiger partial charge in [0.2, 0.25) is 0 Å². The molecule has 0 bridgehead atoms. The fourth-order valence-corrected chi connectivity index (χ4v) is 4.67. The molecular weight excluding hydrogens is 1190 g/mol. The number of rotatable bonds is 24. The number of carboxylic acid groups (broad SMARTS) is 16. The predicted octanol–water partition coefficient (Wildman–Crippen LogP) is -19.0. The number of quaternary nitrogens is 13. The SMILES string of the molecule is CN(C(=O)[O-])C(CCC(=O)[O-])(C(=O)[O-])C(=O)[O-].CN(C(=O)[O-])C(CCC(=O)[O-])(C(=O)[O-])C(=O)[O-].CN(C(=O)[O-])C(CCC(=O)[O-])(C(=O)[O-])C(=O)[O-].CN(C(=O)[O-])C(CCC(=O)[O-])(C(=O)[O-])C(=O)[O-].[Fe+3].[NH4+].[NH4+].[NH4+].[NH4+].[NH4+].[NH4+].[NH4+].[NH4+].[NH4+].[NH4+].[NH4+].[NH4+].[NH4+]. The van der Waals surface area contributed by atoms with Crippen LogP contribution in [0.25, 0.3) is 0 Å². The molecule has 0 heterocycles. The van der Waals surface area contributed by atoms with E-state index < -0.39 is 170 Å². The Balaban J connectivity index is -0.0000000394. The van der Waals surface area contributed by atoms with E-state index in [1.165, 1.54) is 0 Å². The number of carbonyl (C=O) groups excluding carboxylic acids is 16. The molecule has 0 saturated heterocycles. The van der Waals surface area contributed by atoms with E-state index in [0.717, 1.165) is 0 Å². The van der Waals surface area contributed by atoms with Crippen LogP contribution in [-0.2, 0) is 74.6 Å². The summed E-state index contributed by atoms with van der Waals surface area (Å²) in [5.74, 6) is -25.5. The van der Waals surface area contributed by atoms with E-state index in [9.17, 15) is 158 Å². The van der Waals surface area contributed by atoms with Crippen molar-refractivity contribution >= 4 is 96.0 Å². The van der Waals surface area contributed by atoms with Crippen molar-refractivity contribution in [3.8, 4) is 0 Å². The topological polar surface area (TPSA) is 1130 Å². The summed E-state index contributed by atoms with van der Waals surface area (Å²) >= 11 is 0. The van der Waals surface area contributed by atoms with Gasteiger partial charge >= 0.3 is 17.1 Å². The third kappa shape index (κ3) is 32.6. The molecule has 0 spiro atoms. The van der Waals surface area contributed by atoms with Gasteiger partial charge in [0.25, 0.3) is 0 Å². The molecule has 0 rings (SSSR count). The van der Waals surface area contributed by atoms with Crippen LogP contribution in [-0.4, -0.2) is 166 Å². The van der Waals surface area contributed by atoms with Crippen molar-refractivity contribution in [1.29, 1.82) is 0 Å². The number of carboxylic acids is 12. The van der Waals surface area contributed by atoms with E-state index in [-0.39, 0.29) is 117 Å². The van der Waals surface area contributed by atoms with Gasteiger partial charge in [-0.3, -0.25) is 0 Å². The van der Waals surface area contributed by atoms with Crippen LogP contribution in [0.4, 0.5) is 19.2 Å². The second kappa shape index (κ2) is 52.4. The minimum Gasteiger partial charge on any atom is -0.550 e. The van der Waals surface area contributed by atoms with Gasteiger partial charge in [0.1, 0.15) is 46.5 Å². The minimum absolute atomic E-state index is 0. The first kappa shape index (κ1) is 125. The Labute approximate surface area is 472 Å². The Morgan fingerprint density at radius 2 is 0.317 bits per heavy atom. The Morgan fingerprint density at radius 3 is 0.366 bits per heavy atom. The van der Waals surface area contributed by atoms with Crippen molar-refractivity contribution in [3.63, 3.8) is 0 Å². The number of amides is 4. The molecule has 1 radical (unpaired) electrons. The van der Waals surface area contributed by atoms with E-state index in [4.69, 9.17) is 0 Å². The molecule has 0 aliphatic carbocycles. The Kier molecular flexibility index (Phi) is 79.9. The molecule has 0 unspecified atom stereocenters. The first-order valence-corrected chi connectivity index (χ1v) is 16.9. The molecule has 0 aliphatic heterocycles. The van der Waals surface area contributed by atoms with Crippen LogP contribution < -0.4 is 162 Å². The smallest absolute Gasteiger partial charge is 0.550 e. The average Bonchev–Trinajstić information content (AvgIpc) is 3.17. The molecule has 50 heteroatoms. The normalized spacial score (nSPS) is 8.83. The van der Waals surface area contributed by atoms with Crippen molar-refractivity contribution in [2.45, 2.75) is 73.5 Å². The van der Waals surface area contributed by atoms with Crippen LogP contribution in [0.1, 0.15) is 51.4 Å². The predicted molar refractivity (Wildman–Crippen MR) is 238 cm³/mol. The van der Waals surface area contributed by atoms with E-state index in [2.05, 4.69) is 0 Å². The fraction of sp³-hybridized carbons (Fsp3) is 0.500. The number of carbonyl (C=O) groups is 16. The van der Waals surface area contributed by atoms with E-state index in [1.807, 2.05) is 0 Å². The van der Waals surface area contributed by atoms with Gasteiger partial charge in [0, 0.05) is 52.1 Å². The molecule has 0 aromatic heterocycles. The number of hydrogen-bond donors (Lipinski definition) is 13. The van der Waals surface area contributed by atoms with Crippen molar-refractivity contribution in [1.82, 2.24) is 99.6 Å². The molecule has 0 aromatic rings. The molecule has 4 amide bonds. The first-order chi connectivity index (χ1) is 30.6. The minimum atomic E-state index is -3.13. The van der Waals surface area contributed by atoms with Gasteiger partial charge in [-0.1, -0.05) is 0 Å². The van der Waals surface area contributed by atoms with Gasteiger partial charge in [-0.2, -0.15) is 0 Å². The zero-order valence-corrected chi connectivity index (χ0v) is 49.0. The Hall–Kier alpha value is -9.28. The number of likely N-dealkylation sites (N-methyl/N-ethyl adjacent to an activating group) is 4. The molecule has 49 nitrogen and oxygen atoms in total. The van der Waals surface area contributed by atoms with Crippen LogP contribution in [0.5, 0.6) is 0 Å². The molecule has 0 atom stereocenters. The molecule has 82 heavy (non-hydrogen) atoms. The van der Waals surface area contributed by atoms with Crippen LogP contribution in [0.3, 0.4) is 0 Å². The molecule has 52 N–H and O–H groups in total. The number of nitrogens with zero attached hydrogens (tertiary/aromatic N) is 4. The van der Waals surface area contributed by atoms with Crippen LogP contribution in [0, 0.1) is 0 Å². The quantitative estimate of drug-likeness (QED) is 0.0315. The summed E-state index contributed by atoms with van der Waals surface area (Å²) in [5, 5.41) is 168. The van der Waals surface area contributed by atoms with Crippen molar-refractivity contribution in [3.05, 3.63) is 0 Å². The van der Waals surface area contributed by atoms with Crippen molar-refractivity contribution < 1.29 is 175 Å². The maximum atomic E-state index is 10.7. The number of aliphatic carboxylic acids is 12. The van der Waals surface area contributed by atoms with Gasteiger partial charge in [-0.15, -0.1) is 0 Å². The van der Waals surface area contributed by atoms with E-state index in [0.29, 0.717) is 28.2 Å². The second-order valence-electron chi connectivity index (χ2n) is 12.5. The summed E-state index contributed by atoms with van der Waals surface area (Å²) in [7, 11) is 2.37. The molecule has 493 valence electrons. The number of hydrogen-bond acceptors (Lipinski definition) is 32. The van der Waals surface area contributed by atoms with Crippen molar-refractivity contribution in [2.24, 2.45) is 0 Å². The zero-order chi connectivity index (χ0) is 55.2. The fourth-order valence-electron chi connectivity index (χ4n) is 4.67. The van der Waals surface area contributed by atoms with Crippen LogP contribution >= 0.6 is 0 Å². The van der Waals surface area contributed by atoms with Crippen LogP contribution in [0.15, 0.2) is 0 Å². The van der Waals surface area contributed by atoms with Gasteiger partial charge in [0.15, 0.2) is 0 Å². The average molecular weight is 1270 g/mol. The summed E-state index contributed by atoms with van der Waals surface area (Å²) < 4.78 is 0. The maximum absolute atomic E-state index is 10.7. The molecule has 0 aromatic carbocycles. The molecular formula is C32H80FeN17O32. The van der Waals surface area contributed by atoms with Crippen molar-refractivity contribution in [2.75, 3.05) is 28.2 Å². The van der Waals surface area contributed by atoms with Gasteiger partial charge in [-0.05, 0) is 51.4 Å². The standard InChI is InChI=1S/4C8H11NO8.Fe.13H3N/c4*1-9(7(16)17)8(5(12)13,6(14)15)3-2-4(10)11;;;;;;;;;;;;;;/h4*2-3H2,1H3,(H,10,11)(H,12,13)(H,14,15)(H,16,17);;13*1H3/q;;;;+3;;;;;;;;;;;;;/p-3. The van der Waals surface area contributed by atoms with E-state index in [1.54, 1.807) is 0 Å². The summed E-state index contributed by atoms with van der Waals surface area (Å²) in [6.45, 7) is 0. The Morgan fingerprint density at radius 1 is 0.232 bits per heavy atom. The third-order valence-electron chi connectivity index (χ3n) is 8.85. The van der Waals surface area contributed by atoms with Crippen LogP contribution in [0.2, 0.25) is 0 Å². The van der Waals surface area contributed by atoms with Gasteiger partial charge in [-0.25, -0.2) is 0 Å². The summed E-state index contributed by atoms with van der Waals surface area (Å²) in [4.78, 5) is 168. The third-order valence-corrected chi connectivity index (χ3v) is 8.85. The largest absolute Gasteiger partial charge is 3.00 e.